The van der Waals surface area contributed by atoms with Gasteiger partial charge in [-0.2, -0.15) is 0 Å². The zero-order chi connectivity index (χ0) is 22.5. The average molecular weight is 466 g/mol. The van der Waals surface area contributed by atoms with Crippen LogP contribution >= 0.6 is 11.3 Å². The molecule has 0 unspecified atom stereocenters. The van der Waals surface area contributed by atoms with Crippen LogP contribution in [-0.2, 0) is 20.7 Å². The maximum Gasteiger partial charge on any atom is 0.230 e. The minimum Gasteiger partial charge on any atom is -0.378 e. The van der Waals surface area contributed by atoms with Crippen molar-refractivity contribution in [3.05, 3.63) is 53.7 Å². The number of benzene rings is 1. The largest absolute Gasteiger partial charge is 0.378 e. The van der Waals surface area contributed by atoms with Crippen molar-refractivity contribution in [1.82, 2.24) is 9.97 Å². The molecular formula is C24H27N5O3S. The molecule has 2 aliphatic heterocycles. The third kappa shape index (κ3) is 5.32. The molecule has 172 valence electrons. The highest BCUT2D eigenvalue weighted by atomic mass is 32.1. The summed E-state index contributed by atoms with van der Waals surface area (Å²) in [5.41, 5.74) is 4.57. The van der Waals surface area contributed by atoms with Gasteiger partial charge in [0.1, 0.15) is 5.01 Å². The van der Waals surface area contributed by atoms with Gasteiger partial charge in [0, 0.05) is 43.4 Å². The van der Waals surface area contributed by atoms with Crippen molar-refractivity contribution in [3.8, 4) is 10.7 Å². The van der Waals surface area contributed by atoms with Gasteiger partial charge in [-0.1, -0.05) is 6.07 Å². The molecule has 2 saturated heterocycles. The first kappa shape index (κ1) is 21.8. The second kappa shape index (κ2) is 10.3. The fourth-order valence-electron chi connectivity index (χ4n) is 4.06. The molecule has 1 amide bonds. The van der Waals surface area contributed by atoms with E-state index in [-0.39, 0.29) is 12.3 Å². The van der Waals surface area contributed by atoms with Gasteiger partial charge >= 0.3 is 0 Å². The van der Waals surface area contributed by atoms with Crippen LogP contribution in [0.3, 0.4) is 0 Å². The Morgan fingerprint density at radius 2 is 1.76 bits per heavy atom. The van der Waals surface area contributed by atoms with Gasteiger partial charge < -0.3 is 24.6 Å². The van der Waals surface area contributed by atoms with Crippen LogP contribution in [0.1, 0.15) is 5.69 Å². The maximum atomic E-state index is 12.9. The van der Waals surface area contributed by atoms with Gasteiger partial charge in [0.05, 0.1) is 55.6 Å². The Bertz CT molecular complexity index is 1080. The molecule has 2 fully saturated rings. The summed E-state index contributed by atoms with van der Waals surface area (Å²) in [6.07, 6.45) is 1.97. The highest BCUT2D eigenvalue weighted by Gasteiger charge is 2.20. The summed E-state index contributed by atoms with van der Waals surface area (Å²) < 4.78 is 11.0. The van der Waals surface area contributed by atoms with Crippen LogP contribution < -0.4 is 15.1 Å². The van der Waals surface area contributed by atoms with Gasteiger partial charge in [0.15, 0.2) is 0 Å². The fourth-order valence-corrected chi connectivity index (χ4v) is 4.86. The quantitative estimate of drug-likeness (QED) is 0.599. The SMILES string of the molecule is O=C(Cc1csc(-c2ccccn2)n1)Nc1ccc(N2CCOCC2)cc1N1CCOCC1. The Kier molecular flexibility index (Phi) is 6.80. The summed E-state index contributed by atoms with van der Waals surface area (Å²) in [4.78, 5) is 26.5. The van der Waals surface area contributed by atoms with E-state index in [1.165, 1.54) is 11.3 Å². The van der Waals surface area contributed by atoms with Crippen molar-refractivity contribution >= 4 is 34.3 Å². The first-order valence-corrected chi connectivity index (χ1v) is 12.1. The number of thiazole rings is 1. The minimum absolute atomic E-state index is 0.0819. The molecule has 3 aromatic rings. The van der Waals surface area contributed by atoms with E-state index >= 15 is 0 Å². The van der Waals surface area contributed by atoms with Crippen molar-refractivity contribution in [1.29, 1.82) is 0 Å². The number of amides is 1. The fraction of sp³-hybridized carbons (Fsp3) is 0.375. The molecule has 0 spiro atoms. The van der Waals surface area contributed by atoms with Gasteiger partial charge in [-0.25, -0.2) is 4.98 Å². The number of morpholine rings is 2. The van der Waals surface area contributed by atoms with Gasteiger partial charge in [0.25, 0.3) is 0 Å². The molecular weight excluding hydrogens is 438 g/mol. The first-order chi connectivity index (χ1) is 16.3. The lowest BCUT2D eigenvalue weighted by atomic mass is 10.1. The number of carbonyl (C=O) groups excluding carboxylic acids is 1. The van der Waals surface area contributed by atoms with E-state index in [1.807, 2.05) is 29.6 Å². The van der Waals surface area contributed by atoms with Gasteiger partial charge in [-0.15, -0.1) is 11.3 Å². The van der Waals surface area contributed by atoms with Crippen molar-refractivity contribution in [2.75, 3.05) is 67.7 Å². The molecule has 1 aromatic carbocycles. The zero-order valence-corrected chi connectivity index (χ0v) is 19.2. The number of nitrogens with zero attached hydrogens (tertiary/aromatic N) is 4. The number of rotatable bonds is 6. The van der Waals surface area contributed by atoms with E-state index in [2.05, 4.69) is 37.2 Å². The van der Waals surface area contributed by atoms with Crippen LogP contribution in [0.25, 0.3) is 10.7 Å². The molecule has 0 atom stereocenters. The Hall–Kier alpha value is -3.01. The van der Waals surface area contributed by atoms with Crippen molar-refractivity contribution in [2.45, 2.75) is 6.42 Å². The normalized spacial score (nSPS) is 16.6. The summed E-state index contributed by atoms with van der Waals surface area (Å²) in [7, 11) is 0. The predicted molar refractivity (Wildman–Crippen MR) is 130 cm³/mol. The molecule has 2 aliphatic rings. The first-order valence-electron chi connectivity index (χ1n) is 11.2. The van der Waals surface area contributed by atoms with E-state index in [4.69, 9.17) is 9.47 Å². The lowest BCUT2D eigenvalue weighted by Gasteiger charge is -2.33. The van der Waals surface area contributed by atoms with Crippen molar-refractivity contribution < 1.29 is 14.3 Å². The van der Waals surface area contributed by atoms with Crippen LogP contribution in [-0.4, -0.2) is 68.5 Å². The predicted octanol–water partition coefficient (Wildman–Crippen LogP) is 3.06. The topological polar surface area (TPSA) is 79.8 Å². The second-order valence-corrected chi connectivity index (χ2v) is 8.84. The van der Waals surface area contributed by atoms with Crippen LogP contribution in [0.4, 0.5) is 17.1 Å². The Morgan fingerprint density at radius 3 is 2.48 bits per heavy atom. The van der Waals surface area contributed by atoms with Crippen LogP contribution in [0.15, 0.2) is 48.0 Å². The standard InChI is InChI=1S/C24H27N5O3S/c30-23(15-18-17-33-24(26-18)21-3-1-2-6-25-21)27-20-5-4-19(28-7-11-31-12-8-28)16-22(20)29-9-13-32-14-10-29/h1-6,16-17H,7-15H2,(H,27,30). The number of hydrogen-bond donors (Lipinski definition) is 1. The smallest absolute Gasteiger partial charge is 0.230 e. The third-order valence-electron chi connectivity index (χ3n) is 5.76. The van der Waals surface area contributed by atoms with E-state index < -0.39 is 0 Å². The summed E-state index contributed by atoms with van der Waals surface area (Å²) >= 11 is 1.50. The number of carbonyl (C=O) groups is 1. The van der Waals surface area contributed by atoms with E-state index in [0.29, 0.717) is 13.2 Å². The average Bonchev–Trinajstić information content (AvgIpc) is 3.34. The minimum atomic E-state index is -0.0819. The lowest BCUT2D eigenvalue weighted by molar-refractivity contribution is -0.115. The van der Waals surface area contributed by atoms with Crippen LogP contribution in [0, 0.1) is 0 Å². The maximum absolute atomic E-state index is 12.9. The number of nitrogens with one attached hydrogen (secondary N) is 1. The Morgan fingerprint density at radius 1 is 1.00 bits per heavy atom. The highest BCUT2D eigenvalue weighted by Crippen LogP contribution is 2.32. The van der Waals surface area contributed by atoms with Gasteiger partial charge in [-0.3, -0.25) is 9.78 Å². The number of ether oxygens (including phenoxy) is 2. The second-order valence-electron chi connectivity index (χ2n) is 7.98. The van der Waals surface area contributed by atoms with Crippen LogP contribution in [0.5, 0.6) is 0 Å². The molecule has 0 saturated carbocycles. The molecule has 5 rings (SSSR count). The molecule has 0 aliphatic carbocycles. The van der Waals surface area contributed by atoms with E-state index in [9.17, 15) is 4.79 Å². The molecule has 4 heterocycles. The summed E-state index contributed by atoms with van der Waals surface area (Å²) in [6.45, 7) is 6.19. The molecule has 2 aromatic heterocycles. The van der Waals surface area contributed by atoms with Crippen molar-refractivity contribution in [3.63, 3.8) is 0 Å². The zero-order valence-electron chi connectivity index (χ0n) is 18.4. The Labute approximate surface area is 197 Å². The van der Waals surface area contributed by atoms with Gasteiger partial charge in [0.2, 0.25) is 5.91 Å². The number of pyridine rings is 1. The highest BCUT2D eigenvalue weighted by molar-refractivity contribution is 7.13. The van der Waals surface area contributed by atoms with Gasteiger partial charge in [-0.05, 0) is 30.3 Å². The Balaban J connectivity index is 1.32. The summed E-state index contributed by atoms with van der Waals surface area (Å²) in [6, 6.07) is 12.0. The number of anilines is 3. The molecule has 0 radical (unpaired) electrons. The lowest BCUT2D eigenvalue weighted by Crippen LogP contribution is -2.38. The summed E-state index contributed by atoms with van der Waals surface area (Å²) in [5, 5.41) is 5.87. The van der Waals surface area contributed by atoms with E-state index in [1.54, 1.807) is 6.20 Å². The monoisotopic (exact) mass is 465 g/mol. The number of hydrogen-bond acceptors (Lipinski definition) is 8. The molecule has 33 heavy (non-hydrogen) atoms. The molecule has 9 heteroatoms. The van der Waals surface area contributed by atoms with Crippen molar-refractivity contribution in [2.24, 2.45) is 0 Å². The van der Waals surface area contributed by atoms with Crippen LogP contribution in [0.2, 0.25) is 0 Å². The molecule has 1 N–H and O–H groups in total. The van der Waals surface area contributed by atoms with E-state index in [0.717, 1.165) is 72.9 Å². The third-order valence-corrected chi connectivity index (χ3v) is 6.67. The summed E-state index contributed by atoms with van der Waals surface area (Å²) in [5.74, 6) is -0.0819. The molecule has 0 bridgehead atoms. The number of aromatic nitrogens is 2. The molecule has 8 nitrogen and oxygen atoms in total.